The second-order valence-electron chi connectivity index (χ2n) is 5.32. The molecule has 1 aliphatic rings. The lowest BCUT2D eigenvalue weighted by molar-refractivity contribution is -0.137. The average Bonchev–Trinajstić information content (AvgIpc) is 2.94. The lowest BCUT2D eigenvalue weighted by Gasteiger charge is -2.12. The van der Waals surface area contributed by atoms with Gasteiger partial charge in [-0.05, 0) is 18.6 Å². The summed E-state index contributed by atoms with van der Waals surface area (Å²) >= 11 is 0. The smallest absolute Gasteiger partial charge is 0.416 e. The number of pyridine rings is 1. The number of fused-ring (bicyclic) bond motifs is 1. The molecule has 0 spiro atoms. The number of hydrogen-bond acceptors (Lipinski definition) is 3. The molecule has 0 amide bonds. The number of nitrogens with zero attached hydrogens (tertiary/aromatic N) is 1. The van der Waals surface area contributed by atoms with Gasteiger partial charge in [0.15, 0.2) is 0 Å². The minimum Gasteiger partial charge on any atom is -0.506 e. The van der Waals surface area contributed by atoms with E-state index in [-0.39, 0.29) is 12.2 Å². The van der Waals surface area contributed by atoms with Gasteiger partial charge >= 0.3 is 6.18 Å². The summed E-state index contributed by atoms with van der Waals surface area (Å²) in [6.45, 7) is 2.30. The number of rotatable bonds is 2. The molecular formula is C16H14F3NO2. The first-order chi connectivity index (χ1) is 10.4. The van der Waals surface area contributed by atoms with E-state index < -0.39 is 11.7 Å². The molecule has 116 valence electrons. The quantitative estimate of drug-likeness (QED) is 0.919. The number of benzene rings is 1. The topological polar surface area (TPSA) is 42.4 Å². The first-order valence-corrected chi connectivity index (χ1v) is 6.80. The SMILES string of the molecule is Cc1nc(Cc2cccc(C(F)(F)F)c2)c2c(c1O)COC2. The van der Waals surface area contributed by atoms with Gasteiger partial charge in [0.25, 0.3) is 0 Å². The standard InChI is InChI=1S/C16H14F3NO2/c1-9-15(21)13-8-22-7-12(13)14(20-9)6-10-3-2-4-11(5-10)16(17,18)19/h2-5,21H,6-8H2,1H3. The van der Waals surface area contributed by atoms with Crippen LogP contribution in [0.5, 0.6) is 5.75 Å². The van der Waals surface area contributed by atoms with Crippen molar-refractivity contribution in [1.29, 1.82) is 0 Å². The lowest BCUT2D eigenvalue weighted by Crippen LogP contribution is -2.06. The highest BCUT2D eigenvalue weighted by Gasteiger charge is 2.30. The van der Waals surface area contributed by atoms with Crippen LogP contribution in [-0.2, 0) is 30.5 Å². The van der Waals surface area contributed by atoms with Crippen LogP contribution in [0.25, 0.3) is 0 Å². The number of hydrogen-bond donors (Lipinski definition) is 1. The molecule has 22 heavy (non-hydrogen) atoms. The highest BCUT2D eigenvalue weighted by atomic mass is 19.4. The molecule has 0 aliphatic carbocycles. The second-order valence-corrected chi connectivity index (χ2v) is 5.32. The van der Waals surface area contributed by atoms with E-state index >= 15 is 0 Å². The molecule has 0 saturated carbocycles. The van der Waals surface area contributed by atoms with Crippen LogP contribution in [0.3, 0.4) is 0 Å². The average molecular weight is 309 g/mol. The summed E-state index contributed by atoms with van der Waals surface area (Å²) in [4.78, 5) is 4.32. The van der Waals surface area contributed by atoms with Gasteiger partial charge in [0.05, 0.1) is 30.2 Å². The largest absolute Gasteiger partial charge is 0.506 e. The van der Waals surface area contributed by atoms with Gasteiger partial charge < -0.3 is 9.84 Å². The molecule has 0 atom stereocenters. The van der Waals surface area contributed by atoms with E-state index in [4.69, 9.17) is 4.74 Å². The Balaban J connectivity index is 1.98. The molecule has 6 heteroatoms. The fraction of sp³-hybridized carbons (Fsp3) is 0.312. The maximum absolute atomic E-state index is 12.8. The van der Waals surface area contributed by atoms with Gasteiger partial charge in [-0.2, -0.15) is 13.2 Å². The van der Waals surface area contributed by atoms with Crippen LogP contribution in [0.1, 0.15) is 33.6 Å². The van der Waals surface area contributed by atoms with Crippen molar-refractivity contribution in [2.24, 2.45) is 0 Å². The Bertz CT molecular complexity index is 726. The molecule has 0 radical (unpaired) electrons. The van der Waals surface area contributed by atoms with Gasteiger partial charge in [-0.15, -0.1) is 0 Å². The van der Waals surface area contributed by atoms with Crippen LogP contribution >= 0.6 is 0 Å². The summed E-state index contributed by atoms with van der Waals surface area (Å²) in [5, 5.41) is 9.97. The van der Waals surface area contributed by atoms with E-state index in [1.54, 1.807) is 13.0 Å². The third-order valence-electron chi connectivity index (χ3n) is 3.76. The third kappa shape index (κ3) is 2.66. The number of alkyl halides is 3. The van der Waals surface area contributed by atoms with E-state index in [1.165, 1.54) is 6.07 Å². The predicted octanol–water partition coefficient (Wildman–Crippen LogP) is 3.74. The molecule has 1 aromatic carbocycles. The van der Waals surface area contributed by atoms with E-state index in [1.807, 2.05) is 0 Å². The fourth-order valence-electron chi connectivity index (χ4n) is 2.64. The second kappa shape index (κ2) is 5.28. The zero-order valence-electron chi connectivity index (χ0n) is 11.9. The predicted molar refractivity (Wildman–Crippen MR) is 73.4 cm³/mol. The van der Waals surface area contributed by atoms with Gasteiger partial charge in [0.2, 0.25) is 0 Å². The van der Waals surface area contributed by atoms with Crippen molar-refractivity contribution in [2.45, 2.75) is 32.7 Å². The number of aryl methyl sites for hydroxylation is 1. The van der Waals surface area contributed by atoms with Crippen LogP contribution in [0.4, 0.5) is 13.2 Å². The number of halogens is 3. The van der Waals surface area contributed by atoms with Crippen molar-refractivity contribution in [1.82, 2.24) is 4.98 Å². The van der Waals surface area contributed by atoms with Crippen LogP contribution in [0.15, 0.2) is 24.3 Å². The van der Waals surface area contributed by atoms with Crippen LogP contribution < -0.4 is 0 Å². The maximum atomic E-state index is 12.8. The van der Waals surface area contributed by atoms with Gasteiger partial charge in [0.1, 0.15) is 5.75 Å². The third-order valence-corrected chi connectivity index (χ3v) is 3.76. The van der Waals surface area contributed by atoms with Crippen molar-refractivity contribution < 1.29 is 23.0 Å². The summed E-state index contributed by atoms with van der Waals surface area (Å²) in [5.74, 6) is 0.111. The summed E-state index contributed by atoms with van der Waals surface area (Å²) in [5.41, 5.74) is 2.44. The molecule has 0 fully saturated rings. The molecular weight excluding hydrogens is 295 g/mol. The van der Waals surface area contributed by atoms with E-state index in [0.29, 0.717) is 35.7 Å². The Hall–Kier alpha value is -2.08. The Kier molecular flexibility index (Phi) is 3.56. The van der Waals surface area contributed by atoms with Gasteiger partial charge in [-0.25, -0.2) is 0 Å². The summed E-state index contributed by atoms with van der Waals surface area (Å²) in [6.07, 6.45) is -4.09. The lowest BCUT2D eigenvalue weighted by atomic mass is 10.00. The Morgan fingerprint density at radius 1 is 1.23 bits per heavy atom. The summed E-state index contributed by atoms with van der Waals surface area (Å²) in [7, 11) is 0. The van der Waals surface area contributed by atoms with E-state index in [2.05, 4.69) is 4.98 Å². The van der Waals surface area contributed by atoms with Crippen molar-refractivity contribution in [3.8, 4) is 5.75 Å². The first kappa shape index (κ1) is 14.8. The number of ether oxygens (including phenoxy) is 1. The Morgan fingerprint density at radius 2 is 1.95 bits per heavy atom. The molecule has 1 N–H and O–H groups in total. The van der Waals surface area contributed by atoms with Crippen molar-refractivity contribution >= 4 is 0 Å². The zero-order chi connectivity index (χ0) is 15.9. The minimum atomic E-state index is -4.36. The molecule has 1 aliphatic heterocycles. The Morgan fingerprint density at radius 3 is 2.68 bits per heavy atom. The van der Waals surface area contributed by atoms with Crippen molar-refractivity contribution in [3.05, 3.63) is 57.9 Å². The summed E-state index contributed by atoms with van der Waals surface area (Å²) < 4.78 is 43.7. The van der Waals surface area contributed by atoms with Crippen LogP contribution in [-0.4, -0.2) is 10.1 Å². The summed E-state index contributed by atoms with van der Waals surface area (Å²) in [6, 6.07) is 5.21. The molecule has 3 nitrogen and oxygen atoms in total. The van der Waals surface area contributed by atoms with Gasteiger partial charge in [0, 0.05) is 17.5 Å². The Labute approximate surface area is 125 Å². The molecule has 1 aromatic heterocycles. The number of aromatic nitrogens is 1. The van der Waals surface area contributed by atoms with E-state index in [0.717, 1.165) is 17.7 Å². The highest BCUT2D eigenvalue weighted by Crippen LogP contribution is 2.34. The van der Waals surface area contributed by atoms with Crippen LogP contribution in [0, 0.1) is 6.92 Å². The molecule has 3 rings (SSSR count). The zero-order valence-corrected chi connectivity index (χ0v) is 11.9. The highest BCUT2D eigenvalue weighted by molar-refractivity contribution is 5.46. The molecule has 0 saturated heterocycles. The normalized spacial score (nSPS) is 14.2. The molecule has 0 bridgehead atoms. The molecule has 2 heterocycles. The van der Waals surface area contributed by atoms with Crippen LogP contribution in [0.2, 0.25) is 0 Å². The van der Waals surface area contributed by atoms with E-state index in [9.17, 15) is 18.3 Å². The molecule has 2 aromatic rings. The fourth-order valence-corrected chi connectivity index (χ4v) is 2.64. The number of aromatic hydroxyl groups is 1. The van der Waals surface area contributed by atoms with Gasteiger partial charge in [-0.1, -0.05) is 18.2 Å². The minimum absolute atomic E-state index is 0.111. The molecule has 0 unspecified atom stereocenters. The van der Waals surface area contributed by atoms with Gasteiger partial charge in [-0.3, -0.25) is 4.98 Å². The monoisotopic (exact) mass is 309 g/mol. The van der Waals surface area contributed by atoms with Crippen molar-refractivity contribution in [3.63, 3.8) is 0 Å². The maximum Gasteiger partial charge on any atom is 0.416 e. The first-order valence-electron chi connectivity index (χ1n) is 6.80. The van der Waals surface area contributed by atoms with Crippen molar-refractivity contribution in [2.75, 3.05) is 0 Å².